The number of ether oxygens (including phenoxy) is 4. The van der Waals surface area contributed by atoms with E-state index < -0.39 is 30.7 Å². The molecular weight excluding hydrogens is 464 g/mol. The average molecular weight is 499 g/mol. The van der Waals surface area contributed by atoms with Crippen molar-refractivity contribution >= 4 is 17.8 Å². The number of cyclic esters (lactones) is 1. The molecule has 0 radical (unpaired) electrons. The summed E-state index contributed by atoms with van der Waals surface area (Å²) in [5, 5.41) is 2.75. The number of carbonyl (C=O) groups is 3. The second kappa shape index (κ2) is 12.9. The molecule has 1 aliphatic heterocycles. The molecule has 0 bridgehead atoms. The Labute approximate surface area is 211 Å². The lowest BCUT2D eigenvalue weighted by Gasteiger charge is -2.28. The summed E-state index contributed by atoms with van der Waals surface area (Å²) in [6, 6.07) is 11.0. The molecule has 1 aromatic heterocycles. The molecule has 1 amide bonds. The van der Waals surface area contributed by atoms with E-state index >= 15 is 0 Å². The van der Waals surface area contributed by atoms with Gasteiger partial charge in [-0.3, -0.25) is 9.59 Å². The number of benzene rings is 1. The second-order valence-electron chi connectivity index (χ2n) is 9.00. The van der Waals surface area contributed by atoms with Crippen molar-refractivity contribution in [1.29, 1.82) is 0 Å². The molecule has 4 unspecified atom stereocenters. The normalized spacial score (nSPS) is 22.3. The summed E-state index contributed by atoms with van der Waals surface area (Å²) in [7, 11) is 1.42. The SMILES string of the molecule is COc1ccnc(C(=O)NC2CCCC(Cc3ccccc3)C(C)C(C)OC2=O)c1OCOC(C)=O. The highest BCUT2D eigenvalue weighted by Crippen LogP contribution is 2.31. The van der Waals surface area contributed by atoms with Crippen LogP contribution in [0.3, 0.4) is 0 Å². The van der Waals surface area contributed by atoms with Crippen molar-refractivity contribution in [3.05, 3.63) is 53.9 Å². The van der Waals surface area contributed by atoms with Crippen molar-refractivity contribution in [2.75, 3.05) is 13.9 Å². The molecule has 1 saturated heterocycles. The Hall–Kier alpha value is -3.62. The Morgan fingerprint density at radius 1 is 1.14 bits per heavy atom. The molecule has 0 aliphatic carbocycles. The van der Waals surface area contributed by atoms with Gasteiger partial charge in [-0.1, -0.05) is 43.7 Å². The second-order valence-corrected chi connectivity index (χ2v) is 9.00. The number of hydrogen-bond acceptors (Lipinski definition) is 8. The number of carbonyl (C=O) groups excluding carboxylic acids is 3. The van der Waals surface area contributed by atoms with Crippen LogP contribution in [-0.2, 0) is 25.5 Å². The van der Waals surface area contributed by atoms with E-state index in [1.807, 2.05) is 25.1 Å². The summed E-state index contributed by atoms with van der Waals surface area (Å²) in [6.45, 7) is 4.83. The van der Waals surface area contributed by atoms with Crippen LogP contribution in [0, 0.1) is 11.8 Å². The van der Waals surface area contributed by atoms with Gasteiger partial charge >= 0.3 is 11.9 Å². The van der Waals surface area contributed by atoms with E-state index in [4.69, 9.17) is 18.9 Å². The highest BCUT2D eigenvalue weighted by molar-refractivity contribution is 5.98. The maximum absolute atomic E-state index is 13.2. The van der Waals surface area contributed by atoms with Gasteiger partial charge in [0.1, 0.15) is 12.1 Å². The highest BCUT2D eigenvalue weighted by Gasteiger charge is 2.33. The van der Waals surface area contributed by atoms with E-state index in [9.17, 15) is 14.4 Å². The fourth-order valence-electron chi connectivity index (χ4n) is 4.35. The molecule has 2 heterocycles. The van der Waals surface area contributed by atoms with Crippen molar-refractivity contribution in [1.82, 2.24) is 10.3 Å². The first-order valence-corrected chi connectivity index (χ1v) is 12.1. The smallest absolute Gasteiger partial charge is 0.328 e. The fourth-order valence-corrected chi connectivity index (χ4v) is 4.35. The molecule has 4 atom stereocenters. The van der Waals surface area contributed by atoms with Gasteiger partial charge in [0.05, 0.1) is 7.11 Å². The van der Waals surface area contributed by atoms with E-state index in [1.54, 1.807) is 0 Å². The highest BCUT2D eigenvalue weighted by atomic mass is 16.7. The van der Waals surface area contributed by atoms with Crippen LogP contribution in [-0.4, -0.2) is 48.9 Å². The van der Waals surface area contributed by atoms with Gasteiger partial charge in [-0.15, -0.1) is 0 Å². The molecule has 9 heteroatoms. The van der Waals surface area contributed by atoms with Gasteiger partial charge in [-0.05, 0) is 43.6 Å². The summed E-state index contributed by atoms with van der Waals surface area (Å²) >= 11 is 0. The van der Waals surface area contributed by atoms with Crippen molar-refractivity contribution in [3.8, 4) is 11.5 Å². The zero-order valence-corrected chi connectivity index (χ0v) is 21.2. The minimum Gasteiger partial charge on any atom is -0.493 e. The van der Waals surface area contributed by atoms with Crippen molar-refractivity contribution in [2.45, 2.75) is 58.6 Å². The van der Waals surface area contributed by atoms with Crippen LogP contribution >= 0.6 is 0 Å². The predicted octanol–water partition coefficient (Wildman–Crippen LogP) is 3.70. The van der Waals surface area contributed by atoms with E-state index in [-0.39, 0.29) is 29.2 Å². The first kappa shape index (κ1) is 27.0. The molecule has 2 aromatic rings. The number of methoxy groups -OCH3 is 1. The first-order chi connectivity index (χ1) is 17.3. The van der Waals surface area contributed by atoms with Gasteiger partial charge in [0.25, 0.3) is 5.91 Å². The quantitative estimate of drug-likeness (QED) is 0.433. The number of nitrogens with one attached hydrogen (secondary N) is 1. The molecule has 9 nitrogen and oxygen atoms in total. The number of aromatic nitrogens is 1. The van der Waals surface area contributed by atoms with Crippen LogP contribution in [0.2, 0.25) is 0 Å². The molecule has 1 fully saturated rings. The Morgan fingerprint density at radius 3 is 2.58 bits per heavy atom. The molecule has 1 aliphatic rings. The number of hydrogen-bond donors (Lipinski definition) is 1. The van der Waals surface area contributed by atoms with Crippen LogP contribution in [0.15, 0.2) is 42.6 Å². The lowest BCUT2D eigenvalue weighted by atomic mass is 9.81. The monoisotopic (exact) mass is 498 g/mol. The minimum atomic E-state index is -0.836. The number of nitrogens with zero attached hydrogens (tertiary/aromatic N) is 1. The molecule has 194 valence electrons. The third-order valence-electron chi connectivity index (χ3n) is 6.55. The fraction of sp³-hybridized carbons (Fsp3) is 0.481. The van der Waals surface area contributed by atoms with Gasteiger partial charge < -0.3 is 24.3 Å². The minimum absolute atomic E-state index is 0.0140. The Bertz CT molecular complexity index is 1040. The number of esters is 2. The molecule has 1 N–H and O–H groups in total. The van der Waals surface area contributed by atoms with Gasteiger partial charge in [-0.2, -0.15) is 0 Å². The third kappa shape index (κ3) is 7.19. The van der Waals surface area contributed by atoms with Crippen LogP contribution in [0.4, 0.5) is 0 Å². The molecule has 3 rings (SSSR count). The standard InChI is InChI=1S/C27H34N2O7/c1-17-18(2)36-27(32)22(12-8-11-21(17)15-20-9-6-5-7-10-20)29-26(31)24-25(35-16-34-19(3)30)23(33-4)13-14-28-24/h5-7,9-10,13-14,17-18,21-22H,8,11-12,15-16H2,1-4H3,(H,29,31). The van der Waals surface area contributed by atoms with Crippen molar-refractivity contribution < 1.29 is 33.3 Å². The lowest BCUT2D eigenvalue weighted by molar-refractivity contribution is -0.153. The molecule has 0 saturated carbocycles. The molecule has 36 heavy (non-hydrogen) atoms. The summed E-state index contributed by atoms with van der Waals surface area (Å²) < 4.78 is 21.3. The maximum atomic E-state index is 13.2. The van der Waals surface area contributed by atoms with Gasteiger partial charge in [0, 0.05) is 19.2 Å². The number of pyridine rings is 1. The summed E-state index contributed by atoms with van der Waals surface area (Å²) in [6.07, 6.45) is 4.07. The van der Waals surface area contributed by atoms with E-state index in [0.29, 0.717) is 12.3 Å². The number of rotatable bonds is 8. The Balaban J connectivity index is 1.73. The maximum Gasteiger partial charge on any atom is 0.328 e. The lowest BCUT2D eigenvalue weighted by Crippen LogP contribution is -2.43. The van der Waals surface area contributed by atoms with Crippen LogP contribution in [0.25, 0.3) is 0 Å². The van der Waals surface area contributed by atoms with Crippen molar-refractivity contribution in [3.63, 3.8) is 0 Å². The van der Waals surface area contributed by atoms with Crippen LogP contribution in [0.5, 0.6) is 11.5 Å². The van der Waals surface area contributed by atoms with Gasteiger partial charge in [-0.25, -0.2) is 9.78 Å². The molecular formula is C27H34N2O7. The first-order valence-electron chi connectivity index (χ1n) is 12.1. The molecule has 1 aromatic carbocycles. The summed E-state index contributed by atoms with van der Waals surface area (Å²) in [5.74, 6) is -0.879. The average Bonchev–Trinajstić information content (AvgIpc) is 2.90. The van der Waals surface area contributed by atoms with Crippen LogP contribution in [0.1, 0.15) is 56.1 Å². The summed E-state index contributed by atoms with van der Waals surface area (Å²) in [5.41, 5.74) is 1.17. The van der Waals surface area contributed by atoms with Crippen molar-refractivity contribution in [2.24, 2.45) is 11.8 Å². The molecule has 0 spiro atoms. The Morgan fingerprint density at radius 2 is 1.89 bits per heavy atom. The van der Waals surface area contributed by atoms with Crippen LogP contribution < -0.4 is 14.8 Å². The summed E-state index contributed by atoms with van der Waals surface area (Å²) in [4.78, 5) is 41.3. The topological polar surface area (TPSA) is 113 Å². The van der Waals surface area contributed by atoms with Gasteiger partial charge in [0.15, 0.2) is 17.2 Å². The number of amides is 1. The zero-order valence-electron chi connectivity index (χ0n) is 21.2. The van der Waals surface area contributed by atoms with E-state index in [1.165, 1.54) is 31.9 Å². The van der Waals surface area contributed by atoms with E-state index in [2.05, 4.69) is 29.4 Å². The van der Waals surface area contributed by atoms with E-state index in [0.717, 1.165) is 19.3 Å². The Kier molecular flexibility index (Phi) is 9.67. The largest absolute Gasteiger partial charge is 0.493 e. The predicted molar refractivity (Wildman–Crippen MR) is 132 cm³/mol. The third-order valence-corrected chi connectivity index (χ3v) is 6.55. The van der Waals surface area contributed by atoms with Gasteiger partial charge in [0.2, 0.25) is 6.79 Å². The zero-order chi connectivity index (χ0) is 26.1.